The predicted octanol–water partition coefficient (Wildman–Crippen LogP) is 1.45. The fraction of sp³-hybridized carbons (Fsp3) is 0.875. The Morgan fingerprint density at radius 3 is 2.27 bits per heavy atom. The first-order valence-corrected chi connectivity index (χ1v) is 4.32. The Balaban J connectivity index is 3.35. The summed E-state index contributed by atoms with van der Waals surface area (Å²) in [5, 5.41) is 0.721. The molecule has 0 aliphatic carbocycles. The van der Waals surface area contributed by atoms with Gasteiger partial charge in [0.2, 0.25) is 0 Å². The van der Waals surface area contributed by atoms with E-state index in [4.69, 9.17) is 17.0 Å². The predicted molar refractivity (Wildman–Crippen MR) is 51.7 cm³/mol. The quantitative estimate of drug-likeness (QED) is 0.473. The molecule has 0 rings (SSSR count). The highest BCUT2D eigenvalue weighted by atomic mass is 32.1. The normalized spacial score (nSPS) is 11.3. The Kier molecular flexibility index (Phi) is 4.61. The van der Waals surface area contributed by atoms with Crippen LogP contribution >= 0.6 is 12.2 Å². The summed E-state index contributed by atoms with van der Waals surface area (Å²) in [6, 6.07) is 0. The largest absolute Gasteiger partial charge is 0.481 e. The smallest absolute Gasteiger partial charge is 0.159 e. The lowest BCUT2D eigenvalue weighted by Gasteiger charge is -2.23. The van der Waals surface area contributed by atoms with Crippen molar-refractivity contribution in [1.29, 1.82) is 0 Å². The molecule has 0 aliphatic rings. The molecule has 0 heterocycles. The van der Waals surface area contributed by atoms with E-state index >= 15 is 0 Å². The number of ether oxygens (including phenoxy) is 1. The van der Waals surface area contributed by atoms with Crippen molar-refractivity contribution in [3.05, 3.63) is 0 Å². The van der Waals surface area contributed by atoms with Crippen molar-refractivity contribution in [3.63, 3.8) is 0 Å². The Bertz CT molecular complexity index is 129. The van der Waals surface area contributed by atoms with Crippen LogP contribution in [0.5, 0.6) is 0 Å². The minimum Gasteiger partial charge on any atom is -0.481 e. The van der Waals surface area contributed by atoms with Crippen molar-refractivity contribution in [2.45, 2.75) is 13.3 Å². The fourth-order valence-electron chi connectivity index (χ4n) is 0.535. The second kappa shape index (κ2) is 4.67. The molecule has 0 aliphatic heterocycles. The van der Waals surface area contributed by atoms with Crippen molar-refractivity contribution < 1.29 is 9.22 Å². The zero-order valence-electron chi connectivity index (χ0n) is 7.89. The molecule has 66 valence electrons. The maximum Gasteiger partial charge on any atom is 0.159 e. The van der Waals surface area contributed by atoms with Gasteiger partial charge >= 0.3 is 0 Å². The molecule has 0 saturated heterocycles. The van der Waals surface area contributed by atoms with Gasteiger partial charge in [-0.25, -0.2) is 0 Å². The number of likely N-dealkylation sites (N-methyl/N-ethyl adjacent to an activating group) is 1. The van der Waals surface area contributed by atoms with Crippen LogP contribution in [0, 0.1) is 0 Å². The van der Waals surface area contributed by atoms with E-state index in [1.165, 1.54) is 0 Å². The van der Waals surface area contributed by atoms with Gasteiger partial charge in [0.05, 0.1) is 21.1 Å². The van der Waals surface area contributed by atoms with E-state index in [0.717, 1.165) is 29.1 Å². The third-order valence-electron chi connectivity index (χ3n) is 1.31. The lowest BCUT2D eigenvalue weighted by molar-refractivity contribution is -0.870. The first kappa shape index (κ1) is 10.8. The van der Waals surface area contributed by atoms with Gasteiger partial charge in [0.15, 0.2) is 5.05 Å². The maximum absolute atomic E-state index is 5.28. The number of thiocarbonyl (C=S) groups is 1. The van der Waals surface area contributed by atoms with E-state index in [1.807, 2.05) is 6.92 Å². The third-order valence-corrected chi connectivity index (χ3v) is 1.72. The van der Waals surface area contributed by atoms with Gasteiger partial charge in [-0.15, -0.1) is 0 Å². The molecule has 0 spiro atoms. The van der Waals surface area contributed by atoms with Crippen LogP contribution in [0.25, 0.3) is 0 Å². The van der Waals surface area contributed by atoms with Crippen LogP contribution in [-0.2, 0) is 4.74 Å². The van der Waals surface area contributed by atoms with Gasteiger partial charge in [-0.1, -0.05) is 6.92 Å². The summed E-state index contributed by atoms with van der Waals surface area (Å²) in [6.07, 6.45) is 0.840. The fourth-order valence-corrected chi connectivity index (χ4v) is 0.619. The van der Waals surface area contributed by atoms with Crippen molar-refractivity contribution in [2.75, 3.05) is 34.3 Å². The molecule has 0 bridgehead atoms. The summed E-state index contributed by atoms with van der Waals surface area (Å²) in [4.78, 5) is 0. The molecule has 2 nitrogen and oxygen atoms in total. The molecule has 0 aromatic rings. The molecule has 0 unspecified atom stereocenters. The number of nitrogens with zero attached hydrogens (tertiary/aromatic N) is 1. The van der Waals surface area contributed by atoms with Crippen LogP contribution in [0.3, 0.4) is 0 Å². The summed E-state index contributed by atoms with van der Waals surface area (Å²) < 4.78 is 6.21. The topological polar surface area (TPSA) is 9.23 Å². The monoisotopic (exact) mass is 176 g/mol. The van der Waals surface area contributed by atoms with Gasteiger partial charge in [0, 0.05) is 6.42 Å². The molecule has 0 amide bonds. The lowest BCUT2D eigenvalue weighted by atomic mass is 10.5. The highest BCUT2D eigenvalue weighted by Crippen LogP contribution is 1.92. The summed E-state index contributed by atoms with van der Waals surface area (Å²) in [7, 11) is 6.41. The molecule has 0 saturated carbocycles. The Hall–Kier alpha value is -0.150. The van der Waals surface area contributed by atoms with Gasteiger partial charge < -0.3 is 9.22 Å². The molecule has 0 N–H and O–H groups in total. The van der Waals surface area contributed by atoms with Crippen LogP contribution in [0.15, 0.2) is 0 Å². The number of quaternary nitrogens is 1. The standard InChI is InChI=1S/C8H18NOS/c1-5-8(11)10-7-6-9(2,3)4/h5-7H2,1-4H3/q+1. The van der Waals surface area contributed by atoms with Crippen LogP contribution in [0.1, 0.15) is 13.3 Å². The molecule has 0 aromatic heterocycles. The van der Waals surface area contributed by atoms with Crippen LogP contribution in [-0.4, -0.2) is 43.8 Å². The van der Waals surface area contributed by atoms with Crippen LogP contribution in [0.2, 0.25) is 0 Å². The second-order valence-electron chi connectivity index (χ2n) is 3.59. The average Bonchev–Trinajstić information content (AvgIpc) is 1.85. The first-order valence-electron chi connectivity index (χ1n) is 3.92. The van der Waals surface area contributed by atoms with Gasteiger partial charge in [-0.3, -0.25) is 0 Å². The zero-order valence-corrected chi connectivity index (χ0v) is 8.70. The molecule has 11 heavy (non-hydrogen) atoms. The average molecular weight is 176 g/mol. The van der Waals surface area contributed by atoms with E-state index in [1.54, 1.807) is 0 Å². The van der Waals surface area contributed by atoms with Gasteiger partial charge in [0.1, 0.15) is 13.2 Å². The van der Waals surface area contributed by atoms with Crippen molar-refractivity contribution in [2.24, 2.45) is 0 Å². The highest BCUT2D eigenvalue weighted by Gasteiger charge is 2.06. The summed E-state index contributed by atoms with van der Waals surface area (Å²) in [6.45, 7) is 3.74. The molecule has 3 heteroatoms. The summed E-state index contributed by atoms with van der Waals surface area (Å²) in [5.74, 6) is 0. The molecular formula is C8H18NOS+. The minimum absolute atomic E-state index is 0.721. The van der Waals surface area contributed by atoms with Crippen molar-refractivity contribution in [1.82, 2.24) is 0 Å². The SMILES string of the molecule is CCC(=S)OCC[N+](C)(C)C. The number of hydrogen-bond acceptors (Lipinski definition) is 2. The number of hydrogen-bond donors (Lipinski definition) is 0. The molecule has 0 fully saturated rings. The van der Waals surface area contributed by atoms with Gasteiger partial charge in [0.25, 0.3) is 0 Å². The van der Waals surface area contributed by atoms with E-state index in [2.05, 4.69) is 21.1 Å². The van der Waals surface area contributed by atoms with E-state index in [-0.39, 0.29) is 0 Å². The number of rotatable bonds is 4. The summed E-state index contributed by atoms with van der Waals surface area (Å²) in [5.41, 5.74) is 0. The molecule has 0 aromatic carbocycles. The van der Waals surface area contributed by atoms with E-state index < -0.39 is 0 Å². The molecule has 0 atom stereocenters. The Morgan fingerprint density at radius 2 is 1.91 bits per heavy atom. The zero-order chi connectivity index (χ0) is 8.91. The van der Waals surface area contributed by atoms with Gasteiger partial charge in [-0.2, -0.15) is 0 Å². The molecule has 0 radical (unpaired) electrons. The van der Waals surface area contributed by atoms with Gasteiger partial charge in [-0.05, 0) is 12.2 Å². The first-order chi connectivity index (χ1) is 4.95. The summed E-state index contributed by atoms with van der Waals surface area (Å²) >= 11 is 4.91. The van der Waals surface area contributed by atoms with Crippen LogP contribution < -0.4 is 0 Å². The van der Waals surface area contributed by atoms with Crippen molar-refractivity contribution >= 4 is 17.3 Å². The lowest BCUT2D eigenvalue weighted by Crippen LogP contribution is -2.37. The Labute approximate surface area is 74.7 Å². The minimum atomic E-state index is 0.721. The highest BCUT2D eigenvalue weighted by molar-refractivity contribution is 7.80. The maximum atomic E-state index is 5.28. The second-order valence-corrected chi connectivity index (χ2v) is 4.04. The van der Waals surface area contributed by atoms with Crippen LogP contribution in [0.4, 0.5) is 0 Å². The van der Waals surface area contributed by atoms with E-state index in [9.17, 15) is 0 Å². The van der Waals surface area contributed by atoms with Crippen molar-refractivity contribution in [3.8, 4) is 0 Å². The molecular weight excluding hydrogens is 158 g/mol. The van der Waals surface area contributed by atoms with E-state index in [0.29, 0.717) is 0 Å². The Morgan fingerprint density at radius 1 is 1.36 bits per heavy atom. The third kappa shape index (κ3) is 7.75.